The highest BCUT2D eigenvalue weighted by molar-refractivity contribution is 7.80. The Morgan fingerprint density at radius 2 is 1.71 bits per heavy atom. The molecule has 1 fully saturated rings. The van der Waals surface area contributed by atoms with E-state index in [1.165, 1.54) is 5.56 Å². The van der Waals surface area contributed by atoms with Crippen LogP contribution in [0.2, 0.25) is 0 Å². The quantitative estimate of drug-likeness (QED) is 0.819. The summed E-state index contributed by atoms with van der Waals surface area (Å²) in [5, 5.41) is 0. The van der Waals surface area contributed by atoms with Crippen LogP contribution in [0, 0.1) is 0 Å². The molecular weight excluding hydrogens is 278 g/mol. The van der Waals surface area contributed by atoms with Gasteiger partial charge in [0.2, 0.25) is 0 Å². The van der Waals surface area contributed by atoms with Crippen LogP contribution in [0.4, 0.5) is 0 Å². The van der Waals surface area contributed by atoms with E-state index in [1.807, 2.05) is 0 Å². The first-order valence-corrected chi connectivity index (χ1v) is 8.36. The molecule has 0 aromatic heterocycles. The van der Waals surface area contributed by atoms with E-state index in [2.05, 4.69) is 54.0 Å². The highest BCUT2D eigenvalue weighted by atomic mass is 32.1. The van der Waals surface area contributed by atoms with E-state index in [9.17, 15) is 0 Å². The van der Waals surface area contributed by atoms with Crippen LogP contribution in [-0.4, -0.2) is 47.0 Å². The fraction of sp³-hybridized carbons (Fsp3) is 0.588. The van der Waals surface area contributed by atoms with E-state index in [-0.39, 0.29) is 6.04 Å². The Morgan fingerprint density at radius 1 is 1.14 bits per heavy atom. The van der Waals surface area contributed by atoms with Crippen molar-refractivity contribution in [2.75, 3.05) is 26.2 Å². The van der Waals surface area contributed by atoms with Gasteiger partial charge in [0.15, 0.2) is 0 Å². The molecule has 3 nitrogen and oxygen atoms in total. The normalized spacial score (nSPS) is 20.1. The fourth-order valence-corrected chi connectivity index (χ4v) is 3.42. The molecule has 4 heteroatoms. The standard InChI is InChI=1S/C17H27N3S/c1-3-7-16(17(18)21)20-12-10-19(11-13-20)14(2)15-8-5-4-6-9-15/h4-6,8-9,14,16H,3,7,10-13H2,1-2H3,(H2,18,21). The number of thiocarbonyl (C=S) groups is 1. The number of rotatable bonds is 6. The van der Waals surface area contributed by atoms with Gasteiger partial charge in [-0.05, 0) is 18.9 Å². The lowest BCUT2D eigenvalue weighted by Crippen LogP contribution is -2.54. The molecule has 116 valence electrons. The smallest absolute Gasteiger partial charge is 0.0902 e. The Hall–Kier alpha value is -0.970. The molecule has 0 amide bonds. The topological polar surface area (TPSA) is 32.5 Å². The van der Waals surface area contributed by atoms with Gasteiger partial charge in [0.05, 0.1) is 11.0 Å². The second kappa shape index (κ2) is 7.87. The summed E-state index contributed by atoms with van der Waals surface area (Å²) in [5.41, 5.74) is 7.31. The van der Waals surface area contributed by atoms with Crippen LogP contribution >= 0.6 is 12.2 Å². The van der Waals surface area contributed by atoms with Crippen LogP contribution in [0.5, 0.6) is 0 Å². The van der Waals surface area contributed by atoms with Crippen LogP contribution in [0.25, 0.3) is 0 Å². The molecule has 0 aliphatic carbocycles. The minimum absolute atomic E-state index is 0.277. The summed E-state index contributed by atoms with van der Waals surface area (Å²) in [6.45, 7) is 8.76. The van der Waals surface area contributed by atoms with Crippen molar-refractivity contribution in [3.05, 3.63) is 35.9 Å². The molecule has 2 unspecified atom stereocenters. The summed E-state index contributed by atoms with van der Waals surface area (Å²) in [4.78, 5) is 5.66. The molecule has 1 aromatic carbocycles. The maximum Gasteiger partial charge on any atom is 0.0902 e. The number of hydrogen-bond donors (Lipinski definition) is 1. The summed E-state index contributed by atoms with van der Waals surface area (Å²) in [5.74, 6) is 0. The zero-order valence-electron chi connectivity index (χ0n) is 13.2. The zero-order valence-corrected chi connectivity index (χ0v) is 14.0. The lowest BCUT2D eigenvalue weighted by molar-refractivity contribution is 0.0884. The summed E-state index contributed by atoms with van der Waals surface area (Å²) in [6.07, 6.45) is 2.20. The number of hydrogen-bond acceptors (Lipinski definition) is 3. The molecular formula is C17H27N3S. The molecule has 2 rings (SSSR count). The molecule has 2 N–H and O–H groups in total. The van der Waals surface area contributed by atoms with Crippen LogP contribution in [0.1, 0.15) is 38.3 Å². The van der Waals surface area contributed by atoms with E-state index in [0.29, 0.717) is 11.0 Å². The van der Waals surface area contributed by atoms with Crippen LogP contribution in [0.15, 0.2) is 30.3 Å². The Labute approximate surface area is 134 Å². The maximum absolute atomic E-state index is 5.92. The average Bonchev–Trinajstić information content (AvgIpc) is 2.53. The fourth-order valence-electron chi connectivity index (χ4n) is 3.16. The zero-order chi connectivity index (χ0) is 15.2. The third kappa shape index (κ3) is 4.25. The van der Waals surface area contributed by atoms with Gasteiger partial charge in [-0.1, -0.05) is 55.9 Å². The number of benzene rings is 1. The average molecular weight is 305 g/mol. The van der Waals surface area contributed by atoms with E-state index in [4.69, 9.17) is 18.0 Å². The highest BCUT2D eigenvalue weighted by Crippen LogP contribution is 2.22. The number of nitrogens with zero attached hydrogens (tertiary/aromatic N) is 2. The molecule has 1 saturated heterocycles. The monoisotopic (exact) mass is 305 g/mol. The lowest BCUT2D eigenvalue weighted by atomic mass is 10.0. The van der Waals surface area contributed by atoms with Crippen molar-refractivity contribution in [1.82, 2.24) is 9.80 Å². The van der Waals surface area contributed by atoms with Gasteiger partial charge in [0, 0.05) is 32.2 Å². The van der Waals surface area contributed by atoms with E-state index in [0.717, 1.165) is 39.0 Å². The molecule has 1 aromatic rings. The first-order valence-electron chi connectivity index (χ1n) is 7.95. The predicted molar refractivity (Wildman–Crippen MR) is 93.5 cm³/mol. The third-order valence-electron chi connectivity index (χ3n) is 4.51. The van der Waals surface area contributed by atoms with Gasteiger partial charge in [0.25, 0.3) is 0 Å². The van der Waals surface area contributed by atoms with E-state index < -0.39 is 0 Å². The lowest BCUT2D eigenvalue weighted by Gasteiger charge is -2.41. The van der Waals surface area contributed by atoms with Gasteiger partial charge in [-0.3, -0.25) is 9.80 Å². The molecule has 1 aliphatic heterocycles. The summed E-state index contributed by atoms with van der Waals surface area (Å²) >= 11 is 5.24. The molecule has 21 heavy (non-hydrogen) atoms. The van der Waals surface area contributed by atoms with Crippen molar-refractivity contribution in [3.8, 4) is 0 Å². The van der Waals surface area contributed by atoms with Crippen LogP contribution in [-0.2, 0) is 0 Å². The van der Waals surface area contributed by atoms with Gasteiger partial charge in [0.1, 0.15) is 0 Å². The second-order valence-electron chi connectivity index (χ2n) is 5.87. The second-order valence-corrected chi connectivity index (χ2v) is 6.34. The summed E-state index contributed by atoms with van der Waals surface area (Å²) in [6, 6.07) is 11.5. The van der Waals surface area contributed by atoms with Gasteiger partial charge in [-0.15, -0.1) is 0 Å². The number of nitrogens with two attached hydrogens (primary N) is 1. The van der Waals surface area contributed by atoms with Crippen molar-refractivity contribution in [1.29, 1.82) is 0 Å². The molecule has 1 aliphatic rings. The van der Waals surface area contributed by atoms with Crippen LogP contribution < -0.4 is 5.73 Å². The summed E-state index contributed by atoms with van der Waals surface area (Å²) in [7, 11) is 0. The Kier molecular flexibility index (Phi) is 6.15. The molecule has 0 saturated carbocycles. The largest absolute Gasteiger partial charge is 0.392 e. The van der Waals surface area contributed by atoms with Crippen molar-refractivity contribution >= 4 is 17.2 Å². The molecule has 0 bridgehead atoms. The Bertz CT molecular complexity index is 441. The van der Waals surface area contributed by atoms with Gasteiger partial charge >= 0.3 is 0 Å². The molecule has 0 radical (unpaired) electrons. The summed E-state index contributed by atoms with van der Waals surface area (Å²) < 4.78 is 0. The van der Waals surface area contributed by atoms with E-state index in [1.54, 1.807) is 0 Å². The minimum Gasteiger partial charge on any atom is -0.392 e. The third-order valence-corrected chi connectivity index (χ3v) is 4.78. The molecule has 1 heterocycles. The molecule has 0 spiro atoms. The SMILES string of the molecule is CCCC(C(N)=S)N1CCN(C(C)c2ccccc2)CC1. The first kappa shape index (κ1) is 16.4. The van der Waals surface area contributed by atoms with Crippen molar-refractivity contribution < 1.29 is 0 Å². The number of piperazine rings is 1. The Balaban J connectivity index is 1.92. The van der Waals surface area contributed by atoms with Gasteiger partial charge < -0.3 is 5.73 Å². The maximum atomic E-state index is 5.92. The van der Waals surface area contributed by atoms with Crippen molar-refractivity contribution in [3.63, 3.8) is 0 Å². The molecule has 2 atom stereocenters. The Morgan fingerprint density at radius 3 is 2.24 bits per heavy atom. The predicted octanol–water partition coefficient (Wildman–Crippen LogP) is 2.82. The van der Waals surface area contributed by atoms with Crippen molar-refractivity contribution in [2.24, 2.45) is 5.73 Å². The highest BCUT2D eigenvalue weighted by Gasteiger charge is 2.27. The van der Waals surface area contributed by atoms with E-state index >= 15 is 0 Å². The van der Waals surface area contributed by atoms with Crippen LogP contribution in [0.3, 0.4) is 0 Å². The van der Waals surface area contributed by atoms with Crippen molar-refractivity contribution in [2.45, 2.75) is 38.8 Å². The first-order chi connectivity index (χ1) is 10.1. The van der Waals surface area contributed by atoms with Gasteiger partial charge in [-0.25, -0.2) is 0 Å². The minimum atomic E-state index is 0.277. The van der Waals surface area contributed by atoms with Gasteiger partial charge in [-0.2, -0.15) is 0 Å².